The molecule has 2 saturated carbocycles. The lowest BCUT2D eigenvalue weighted by Gasteiger charge is -2.29. The van der Waals surface area contributed by atoms with E-state index in [2.05, 4.69) is 25.6 Å². The Labute approximate surface area is 325 Å². The van der Waals surface area contributed by atoms with Gasteiger partial charge in [-0.3, -0.25) is 29.0 Å². The van der Waals surface area contributed by atoms with Crippen LogP contribution in [0.2, 0.25) is 0 Å². The average molecular weight is 792 g/mol. The van der Waals surface area contributed by atoms with E-state index in [1.165, 1.54) is 17.2 Å². The molecule has 2 aliphatic heterocycles. The van der Waals surface area contributed by atoms with Crippen molar-refractivity contribution >= 4 is 44.6 Å². The second kappa shape index (κ2) is 15.7. The molecule has 3 fully saturated rings. The zero-order valence-electron chi connectivity index (χ0n) is 32.0. The Kier molecular flexibility index (Phi) is 11.0. The van der Waals surface area contributed by atoms with Crippen molar-refractivity contribution in [3.63, 3.8) is 0 Å². The van der Waals surface area contributed by atoms with Crippen molar-refractivity contribution in [2.75, 3.05) is 13.7 Å². The van der Waals surface area contributed by atoms with Crippen molar-refractivity contribution in [2.45, 2.75) is 114 Å². The van der Waals surface area contributed by atoms with Crippen LogP contribution in [-0.2, 0) is 24.4 Å². The summed E-state index contributed by atoms with van der Waals surface area (Å²) in [6, 6.07) is 4.71. The number of allylic oxidation sites excluding steroid dienone is 1. The van der Waals surface area contributed by atoms with Gasteiger partial charge in [-0.15, -0.1) is 0 Å². The van der Waals surface area contributed by atoms with Crippen LogP contribution in [0.15, 0.2) is 42.6 Å². The van der Waals surface area contributed by atoms with E-state index in [-0.39, 0.29) is 31.2 Å². The van der Waals surface area contributed by atoms with Gasteiger partial charge in [-0.05, 0) is 77.5 Å². The van der Waals surface area contributed by atoms with Crippen LogP contribution >= 0.6 is 0 Å². The van der Waals surface area contributed by atoms with Crippen molar-refractivity contribution in [2.24, 2.45) is 5.92 Å². The lowest BCUT2D eigenvalue weighted by Crippen LogP contribution is -2.58. The molecule has 4 amide bonds. The number of pyridine rings is 1. The monoisotopic (exact) mass is 791 g/mol. The quantitative estimate of drug-likeness (QED) is 0.219. The Hall–Kier alpha value is -5.19. The highest BCUT2D eigenvalue weighted by molar-refractivity contribution is 7.91. The zero-order valence-corrected chi connectivity index (χ0v) is 32.8. The van der Waals surface area contributed by atoms with Crippen molar-refractivity contribution in [3.05, 3.63) is 53.9 Å². The number of H-pyrrole nitrogens is 1. The van der Waals surface area contributed by atoms with E-state index in [9.17, 15) is 27.6 Å². The van der Waals surface area contributed by atoms with Gasteiger partial charge in [0.15, 0.2) is 0 Å². The molecule has 4 aliphatic rings. The normalized spacial score (nSPS) is 25.7. The average Bonchev–Trinajstić information content (AvgIpc) is 4.01. The molecule has 5 unspecified atom stereocenters. The largest absolute Gasteiger partial charge is 0.496 e. The molecular weight excluding hydrogens is 743 g/mol. The highest BCUT2D eigenvalue weighted by Crippen LogP contribution is 2.46. The first-order valence-electron chi connectivity index (χ1n) is 19.3. The molecule has 2 aromatic heterocycles. The van der Waals surface area contributed by atoms with Crippen LogP contribution in [0.25, 0.3) is 10.9 Å². The third-order valence-corrected chi connectivity index (χ3v) is 12.7. The number of fused-ring (bicyclic) bond motifs is 3. The number of nitrogens with one attached hydrogen (secondary N) is 4. The van der Waals surface area contributed by atoms with Gasteiger partial charge in [0.2, 0.25) is 27.7 Å². The number of sulfonamides is 1. The third-order valence-electron chi connectivity index (χ3n) is 10.9. The number of aromatic nitrogens is 3. The van der Waals surface area contributed by atoms with Crippen LogP contribution in [0.5, 0.6) is 17.4 Å². The number of aryl methyl sites for hydroxylation is 1. The van der Waals surface area contributed by atoms with Gasteiger partial charge in [-0.25, -0.2) is 13.4 Å². The van der Waals surface area contributed by atoms with E-state index >= 15 is 0 Å². The molecule has 0 spiro atoms. The lowest BCUT2D eigenvalue weighted by molar-refractivity contribution is -0.141. The number of ether oxygens (including phenoxy) is 3. The van der Waals surface area contributed by atoms with Crippen molar-refractivity contribution < 1.29 is 41.8 Å². The van der Waals surface area contributed by atoms with E-state index in [1.807, 2.05) is 45.1 Å². The number of hydrogen-bond acceptors (Lipinski definition) is 11. The molecule has 3 aromatic rings. The molecular formula is C39H49N7O9S. The molecule has 4 heterocycles. The van der Waals surface area contributed by atoms with Crippen molar-refractivity contribution in [1.29, 1.82) is 0 Å². The van der Waals surface area contributed by atoms with E-state index in [4.69, 9.17) is 19.2 Å². The topological polar surface area (TPSA) is 211 Å². The summed E-state index contributed by atoms with van der Waals surface area (Å²) in [5, 5.41) is 12.3. The van der Waals surface area contributed by atoms with E-state index in [1.54, 1.807) is 13.2 Å². The summed E-state index contributed by atoms with van der Waals surface area (Å²) in [5.74, 6) is -1.48. The summed E-state index contributed by atoms with van der Waals surface area (Å²) in [6.45, 7) is 5.62. The van der Waals surface area contributed by atoms with Crippen LogP contribution in [0.3, 0.4) is 0 Å². The van der Waals surface area contributed by atoms with Gasteiger partial charge < -0.3 is 29.7 Å². The molecule has 1 saturated heterocycles. The number of amides is 4. The number of nitrogens with zero attached hydrogens (tertiary/aromatic N) is 3. The van der Waals surface area contributed by atoms with E-state index < -0.39 is 68.5 Å². The highest BCUT2D eigenvalue weighted by Gasteiger charge is 2.62. The minimum Gasteiger partial charge on any atom is -0.496 e. The fourth-order valence-corrected chi connectivity index (χ4v) is 8.99. The summed E-state index contributed by atoms with van der Waals surface area (Å²) in [7, 11) is -2.33. The maximum atomic E-state index is 14.6. The molecule has 1 aromatic carbocycles. The minimum atomic E-state index is -3.90. The van der Waals surface area contributed by atoms with Gasteiger partial charge in [-0.2, -0.15) is 5.10 Å². The molecule has 300 valence electrons. The summed E-state index contributed by atoms with van der Waals surface area (Å²) < 4.78 is 46.2. The first kappa shape index (κ1) is 39.1. The molecule has 5 atom stereocenters. The van der Waals surface area contributed by atoms with Gasteiger partial charge in [0.05, 0.1) is 30.5 Å². The maximum Gasteiger partial charge on any atom is 0.269 e. The minimum absolute atomic E-state index is 0.0226. The molecule has 2 aliphatic carbocycles. The molecule has 4 N–H and O–H groups in total. The molecule has 16 nitrogen and oxygen atoms in total. The Morgan fingerprint density at radius 2 is 1.88 bits per heavy atom. The first-order valence-corrected chi connectivity index (χ1v) is 20.8. The number of methoxy groups -OCH3 is 1. The molecule has 7 rings (SSSR count). The summed E-state index contributed by atoms with van der Waals surface area (Å²) in [6.07, 6.45) is 8.70. The maximum absolute atomic E-state index is 14.6. The van der Waals surface area contributed by atoms with Crippen LogP contribution in [0.1, 0.15) is 87.7 Å². The van der Waals surface area contributed by atoms with Crippen molar-refractivity contribution in [3.8, 4) is 17.4 Å². The molecule has 0 bridgehead atoms. The Bertz CT molecular complexity index is 2140. The predicted octanol–water partition coefficient (Wildman–Crippen LogP) is 3.21. The lowest BCUT2D eigenvalue weighted by atomic mass is 10.0. The fraction of sp³-hybridized carbons (Fsp3) is 0.538. The summed E-state index contributed by atoms with van der Waals surface area (Å²) in [5.41, 5.74) is 0.0376. The Morgan fingerprint density at radius 1 is 1.07 bits per heavy atom. The standard InChI is InChI=1S/C39H49N7O9S/c1-22(2)54-33-19-32(27-14-15-31(53-4)23(3)34(27)42-33)55-25-18-30-36(48)43-39(38(50)45-56(51,52)26-12-13-26)20-24(39)10-8-6-5-7-9-11-29(37(49)46(30)21-25)41-35(47)28-16-17-40-44-28/h8,10,14-17,19,22,24-26,29-30H,5-7,9,11-13,18,20-21H2,1-4H3,(H,40,44)(H,41,47)(H,43,48)(H,45,50). The van der Waals surface area contributed by atoms with Gasteiger partial charge in [0.1, 0.15) is 40.9 Å². The first-order chi connectivity index (χ1) is 26.8. The summed E-state index contributed by atoms with van der Waals surface area (Å²) in [4.78, 5) is 62.3. The Morgan fingerprint density at radius 3 is 2.59 bits per heavy atom. The van der Waals surface area contributed by atoms with E-state index in [0.29, 0.717) is 60.4 Å². The van der Waals surface area contributed by atoms with Gasteiger partial charge >= 0.3 is 0 Å². The molecule has 56 heavy (non-hydrogen) atoms. The predicted molar refractivity (Wildman–Crippen MR) is 204 cm³/mol. The van der Waals surface area contributed by atoms with Crippen molar-refractivity contribution in [1.82, 2.24) is 35.4 Å². The Balaban J connectivity index is 1.23. The summed E-state index contributed by atoms with van der Waals surface area (Å²) >= 11 is 0. The second-order valence-corrected chi connectivity index (χ2v) is 17.4. The smallest absolute Gasteiger partial charge is 0.269 e. The number of carbonyl (C=O) groups excluding carboxylic acids is 4. The SMILES string of the molecule is COc1ccc2c(OC3CC4C(=O)NC5(C(=O)NS(=O)(=O)C6CC6)CC5C=CCCCCCC(NC(=O)c5ccn[nH]5)C(=O)N4C3)cc(OC(C)C)nc2c1C. The third kappa shape index (κ3) is 8.18. The zero-order chi connectivity index (χ0) is 39.8. The second-order valence-electron chi connectivity index (χ2n) is 15.4. The van der Waals surface area contributed by atoms with Crippen LogP contribution < -0.4 is 29.6 Å². The van der Waals surface area contributed by atoms with Crippen LogP contribution in [0.4, 0.5) is 0 Å². The molecule has 17 heteroatoms. The fourth-order valence-electron chi connectivity index (χ4n) is 7.62. The molecule has 0 radical (unpaired) electrons. The van der Waals surface area contributed by atoms with Crippen LogP contribution in [0, 0.1) is 12.8 Å². The number of carbonyl (C=O) groups is 4. The number of rotatable bonds is 10. The number of hydrogen-bond donors (Lipinski definition) is 4. The number of benzene rings is 1. The number of aromatic amines is 1. The van der Waals surface area contributed by atoms with E-state index in [0.717, 1.165) is 18.4 Å². The van der Waals surface area contributed by atoms with Gasteiger partial charge in [-0.1, -0.05) is 25.0 Å². The van der Waals surface area contributed by atoms with Crippen LogP contribution in [-0.4, -0.2) is 101 Å². The van der Waals surface area contributed by atoms with Gasteiger partial charge in [0.25, 0.3) is 11.8 Å². The van der Waals surface area contributed by atoms with Gasteiger partial charge in [0, 0.05) is 35.6 Å². The highest BCUT2D eigenvalue weighted by atomic mass is 32.2.